The first kappa shape index (κ1) is 13.5. The Bertz CT molecular complexity index is 304. The van der Waals surface area contributed by atoms with Crippen LogP contribution in [-0.4, -0.2) is 37.0 Å². The van der Waals surface area contributed by atoms with Crippen LogP contribution in [0.4, 0.5) is 0 Å². The fraction of sp³-hybridized carbons (Fsp3) is 0.727. The molecular weight excluding hydrogens is 224 g/mol. The van der Waals surface area contributed by atoms with Gasteiger partial charge in [0.2, 0.25) is 11.8 Å². The van der Waals surface area contributed by atoms with E-state index in [1.807, 2.05) is 0 Å². The van der Waals surface area contributed by atoms with E-state index < -0.39 is 12.0 Å². The second-order valence-corrected chi connectivity index (χ2v) is 3.86. The third-order valence-corrected chi connectivity index (χ3v) is 2.48. The van der Waals surface area contributed by atoms with E-state index in [9.17, 15) is 14.4 Å². The van der Waals surface area contributed by atoms with E-state index in [-0.39, 0.29) is 24.7 Å². The van der Waals surface area contributed by atoms with Crippen molar-refractivity contribution in [3.63, 3.8) is 0 Å². The van der Waals surface area contributed by atoms with Gasteiger partial charge in [0.05, 0.1) is 13.0 Å². The molecule has 1 saturated heterocycles. The number of hydrogen-bond donors (Lipinski definition) is 2. The third kappa shape index (κ3) is 4.84. The normalized spacial score (nSPS) is 19.4. The van der Waals surface area contributed by atoms with Gasteiger partial charge in [-0.25, -0.2) is 0 Å². The van der Waals surface area contributed by atoms with Crippen LogP contribution in [0.1, 0.15) is 32.6 Å². The average molecular weight is 242 g/mol. The molecule has 0 saturated carbocycles. The van der Waals surface area contributed by atoms with E-state index in [1.165, 1.54) is 0 Å². The number of carbonyl (C=O) groups is 3. The highest BCUT2D eigenvalue weighted by Crippen LogP contribution is 2.03. The lowest BCUT2D eigenvalue weighted by Crippen LogP contribution is -2.50. The second-order valence-electron chi connectivity index (χ2n) is 3.86. The monoisotopic (exact) mass is 242 g/mol. The number of ether oxygens (including phenoxy) is 1. The van der Waals surface area contributed by atoms with Crippen LogP contribution in [0.15, 0.2) is 0 Å². The Balaban J connectivity index is 2.24. The SMILES string of the molecule is CCOC(=O)CCC(=O)NC1CCCNC1=O. The molecule has 0 aromatic rings. The molecule has 1 rings (SSSR count). The van der Waals surface area contributed by atoms with Crippen molar-refractivity contribution in [1.29, 1.82) is 0 Å². The number of amides is 2. The second kappa shape index (κ2) is 6.88. The van der Waals surface area contributed by atoms with Gasteiger partial charge < -0.3 is 15.4 Å². The summed E-state index contributed by atoms with van der Waals surface area (Å²) in [5, 5.41) is 5.28. The van der Waals surface area contributed by atoms with Gasteiger partial charge in [0, 0.05) is 13.0 Å². The minimum absolute atomic E-state index is 0.0496. The molecule has 1 unspecified atom stereocenters. The molecule has 0 bridgehead atoms. The van der Waals surface area contributed by atoms with E-state index in [1.54, 1.807) is 6.92 Å². The highest BCUT2D eigenvalue weighted by atomic mass is 16.5. The Morgan fingerprint density at radius 2 is 2.24 bits per heavy atom. The molecule has 2 amide bonds. The third-order valence-electron chi connectivity index (χ3n) is 2.48. The minimum atomic E-state index is -0.460. The molecule has 1 aliphatic rings. The summed E-state index contributed by atoms with van der Waals surface area (Å²) in [6, 6.07) is -0.460. The van der Waals surface area contributed by atoms with Crippen LogP contribution in [0.3, 0.4) is 0 Å². The van der Waals surface area contributed by atoms with Gasteiger partial charge in [-0.05, 0) is 19.8 Å². The summed E-state index contributed by atoms with van der Waals surface area (Å²) >= 11 is 0. The van der Waals surface area contributed by atoms with E-state index in [2.05, 4.69) is 10.6 Å². The van der Waals surface area contributed by atoms with Gasteiger partial charge in [0.25, 0.3) is 0 Å². The number of nitrogens with one attached hydrogen (secondary N) is 2. The first-order valence-electron chi connectivity index (χ1n) is 5.86. The van der Waals surface area contributed by atoms with Crippen molar-refractivity contribution in [2.75, 3.05) is 13.2 Å². The topological polar surface area (TPSA) is 84.5 Å². The molecule has 1 atom stereocenters. The van der Waals surface area contributed by atoms with Crippen LogP contribution in [0.2, 0.25) is 0 Å². The molecule has 1 aliphatic heterocycles. The number of carbonyl (C=O) groups excluding carboxylic acids is 3. The highest BCUT2D eigenvalue weighted by Gasteiger charge is 2.23. The van der Waals surface area contributed by atoms with Gasteiger partial charge in [-0.2, -0.15) is 0 Å². The Kier molecular flexibility index (Phi) is 5.45. The highest BCUT2D eigenvalue weighted by molar-refractivity contribution is 5.89. The fourth-order valence-corrected chi connectivity index (χ4v) is 1.63. The Morgan fingerprint density at radius 3 is 2.88 bits per heavy atom. The largest absolute Gasteiger partial charge is 0.466 e. The van der Waals surface area contributed by atoms with Gasteiger partial charge in [-0.15, -0.1) is 0 Å². The van der Waals surface area contributed by atoms with Crippen LogP contribution in [0.5, 0.6) is 0 Å². The summed E-state index contributed by atoms with van der Waals surface area (Å²) in [6.45, 7) is 2.68. The van der Waals surface area contributed by atoms with Gasteiger partial charge in [0.1, 0.15) is 6.04 Å². The Hall–Kier alpha value is -1.59. The zero-order valence-electron chi connectivity index (χ0n) is 9.95. The molecule has 1 heterocycles. The summed E-state index contributed by atoms with van der Waals surface area (Å²) in [7, 11) is 0. The lowest BCUT2D eigenvalue weighted by molar-refractivity contribution is -0.144. The van der Waals surface area contributed by atoms with E-state index in [0.717, 1.165) is 6.42 Å². The lowest BCUT2D eigenvalue weighted by atomic mass is 10.1. The summed E-state index contributed by atoms with van der Waals surface area (Å²) in [5.74, 6) is -0.836. The maximum Gasteiger partial charge on any atom is 0.306 e. The van der Waals surface area contributed by atoms with Crippen molar-refractivity contribution in [2.24, 2.45) is 0 Å². The van der Waals surface area contributed by atoms with Crippen molar-refractivity contribution in [3.8, 4) is 0 Å². The van der Waals surface area contributed by atoms with Crippen LogP contribution in [0.25, 0.3) is 0 Å². The molecule has 96 valence electrons. The summed E-state index contributed by atoms with van der Waals surface area (Å²) in [6.07, 6.45) is 1.61. The molecule has 6 nitrogen and oxygen atoms in total. The van der Waals surface area contributed by atoms with Crippen molar-refractivity contribution in [2.45, 2.75) is 38.6 Å². The molecule has 17 heavy (non-hydrogen) atoms. The standard InChI is InChI=1S/C11H18N2O4/c1-2-17-10(15)6-5-9(14)13-8-4-3-7-12-11(8)16/h8H,2-7H2,1H3,(H,12,16)(H,13,14). The molecule has 0 aromatic carbocycles. The molecule has 0 spiro atoms. The Morgan fingerprint density at radius 1 is 1.47 bits per heavy atom. The summed E-state index contributed by atoms with van der Waals surface area (Å²) < 4.78 is 4.71. The maximum atomic E-state index is 11.5. The molecular formula is C11H18N2O4. The summed E-state index contributed by atoms with van der Waals surface area (Å²) in [4.78, 5) is 33.8. The maximum absolute atomic E-state index is 11.5. The summed E-state index contributed by atoms with van der Waals surface area (Å²) in [5.41, 5.74) is 0. The molecule has 0 aliphatic carbocycles. The van der Waals surface area contributed by atoms with Crippen molar-refractivity contribution in [3.05, 3.63) is 0 Å². The van der Waals surface area contributed by atoms with Gasteiger partial charge in [0.15, 0.2) is 0 Å². The minimum Gasteiger partial charge on any atom is -0.466 e. The zero-order valence-corrected chi connectivity index (χ0v) is 9.95. The van der Waals surface area contributed by atoms with Gasteiger partial charge in [-0.3, -0.25) is 14.4 Å². The number of piperidine rings is 1. The van der Waals surface area contributed by atoms with Crippen LogP contribution >= 0.6 is 0 Å². The predicted octanol–water partition coefficient (Wildman–Crippen LogP) is -0.275. The van der Waals surface area contributed by atoms with Crippen LogP contribution < -0.4 is 10.6 Å². The van der Waals surface area contributed by atoms with Crippen molar-refractivity contribution >= 4 is 17.8 Å². The molecule has 0 radical (unpaired) electrons. The Labute approximate surface area is 100 Å². The lowest BCUT2D eigenvalue weighted by Gasteiger charge is -2.22. The zero-order chi connectivity index (χ0) is 12.7. The molecule has 6 heteroatoms. The van der Waals surface area contributed by atoms with Crippen LogP contribution in [-0.2, 0) is 19.1 Å². The number of rotatable bonds is 5. The fourth-order valence-electron chi connectivity index (χ4n) is 1.63. The predicted molar refractivity (Wildman–Crippen MR) is 60.0 cm³/mol. The van der Waals surface area contributed by atoms with Crippen molar-refractivity contribution < 1.29 is 19.1 Å². The van der Waals surface area contributed by atoms with E-state index >= 15 is 0 Å². The first-order valence-corrected chi connectivity index (χ1v) is 5.86. The smallest absolute Gasteiger partial charge is 0.306 e. The molecule has 0 aromatic heterocycles. The van der Waals surface area contributed by atoms with Gasteiger partial charge in [-0.1, -0.05) is 0 Å². The van der Waals surface area contributed by atoms with Crippen molar-refractivity contribution in [1.82, 2.24) is 10.6 Å². The van der Waals surface area contributed by atoms with E-state index in [0.29, 0.717) is 19.6 Å². The quantitative estimate of drug-likeness (QED) is 0.650. The first-order chi connectivity index (χ1) is 8.13. The van der Waals surface area contributed by atoms with E-state index in [4.69, 9.17) is 4.74 Å². The van der Waals surface area contributed by atoms with Gasteiger partial charge >= 0.3 is 5.97 Å². The molecule has 2 N–H and O–H groups in total. The van der Waals surface area contributed by atoms with Crippen LogP contribution in [0, 0.1) is 0 Å². The number of esters is 1. The molecule has 1 fully saturated rings. The average Bonchev–Trinajstić information content (AvgIpc) is 2.30. The number of hydrogen-bond acceptors (Lipinski definition) is 4.